The van der Waals surface area contributed by atoms with Crippen molar-refractivity contribution in [1.82, 2.24) is 10.2 Å². The summed E-state index contributed by atoms with van der Waals surface area (Å²) in [5, 5.41) is 3.36. The summed E-state index contributed by atoms with van der Waals surface area (Å²) in [5.41, 5.74) is 2.32. The molecule has 0 unspecified atom stereocenters. The fourth-order valence-corrected chi connectivity index (χ4v) is 2.03. The molecule has 0 saturated heterocycles. The van der Waals surface area contributed by atoms with Crippen molar-refractivity contribution in [3.63, 3.8) is 0 Å². The maximum Gasteiger partial charge on any atom is 0.410 e. The molecule has 0 atom stereocenters. The fourth-order valence-electron chi connectivity index (χ4n) is 2.03. The molecule has 0 spiro atoms. The van der Waals surface area contributed by atoms with E-state index < -0.39 is 5.60 Å². The number of ether oxygens (including phenoxy) is 1. The number of likely N-dealkylation sites (N-methyl/N-ethyl adjacent to an activating group) is 1. The van der Waals surface area contributed by atoms with Crippen molar-refractivity contribution < 1.29 is 9.53 Å². The lowest BCUT2D eigenvalue weighted by Gasteiger charge is -2.24. The van der Waals surface area contributed by atoms with E-state index in [1.807, 2.05) is 20.8 Å². The standard InChI is InChI=1S/C19H32N2O2/c1-18(2,3)16-10-8-15(9-11-16)14-20-12-13-21(7)17(22)23-19(4,5)6/h8-11,20H,12-14H2,1-7H3. The van der Waals surface area contributed by atoms with Crippen molar-refractivity contribution in [1.29, 1.82) is 0 Å². The Balaban J connectivity index is 2.33. The number of nitrogens with one attached hydrogen (secondary N) is 1. The summed E-state index contributed by atoms with van der Waals surface area (Å²) in [6, 6.07) is 8.68. The van der Waals surface area contributed by atoms with Gasteiger partial charge in [-0.25, -0.2) is 4.79 Å². The Hall–Kier alpha value is -1.55. The van der Waals surface area contributed by atoms with Crippen LogP contribution in [0.15, 0.2) is 24.3 Å². The number of hydrogen-bond donors (Lipinski definition) is 1. The molecule has 1 N–H and O–H groups in total. The lowest BCUT2D eigenvalue weighted by atomic mass is 9.87. The van der Waals surface area contributed by atoms with Crippen molar-refractivity contribution in [3.8, 4) is 0 Å². The third kappa shape index (κ3) is 7.51. The highest BCUT2D eigenvalue weighted by molar-refractivity contribution is 5.67. The highest BCUT2D eigenvalue weighted by Gasteiger charge is 2.19. The zero-order valence-corrected chi connectivity index (χ0v) is 15.7. The van der Waals surface area contributed by atoms with Crippen molar-refractivity contribution in [2.45, 2.75) is 59.1 Å². The summed E-state index contributed by atoms with van der Waals surface area (Å²) in [4.78, 5) is 13.4. The van der Waals surface area contributed by atoms with E-state index in [4.69, 9.17) is 4.74 Å². The van der Waals surface area contributed by atoms with Crippen LogP contribution in [0.1, 0.15) is 52.7 Å². The van der Waals surface area contributed by atoms with Crippen LogP contribution in [-0.4, -0.2) is 36.7 Å². The van der Waals surface area contributed by atoms with E-state index in [2.05, 4.69) is 50.4 Å². The molecule has 1 rings (SSSR count). The molecule has 0 aliphatic heterocycles. The van der Waals surface area contributed by atoms with E-state index in [0.717, 1.165) is 13.1 Å². The molecule has 0 aliphatic rings. The van der Waals surface area contributed by atoms with E-state index in [1.165, 1.54) is 11.1 Å². The molecule has 0 radical (unpaired) electrons. The first-order valence-electron chi connectivity index (χ1n) is 8.23. The summed E-state index contributed by atoms with van der Waals surface area (Å²) in [7, 11) is 1.76. The molecule has 0 bridgehead atoms. The van der Waals surface area contributed by atoms with Gasteiger partial charge in [0.05, 0.1) is 0 Å². The summed E-state index contributed by atoms with van der Waals surface area (Å²) in [6.07, 6.45) is -0.283. The van der Waals surface area contributed by atoms with Crippen molar-refractivity contribution >= 4 is 6.09 Å². The number of amides is 1. The average Bonchev–Trinajstić information content (AvgIpc) is 2.41. The first-order valence-corrected chi connectivity index (χ1v) is 8.23. The van der Waals surface area contributed by atoms with Crippen LogP contribution < -0.4 is 5.32 Å². The Morgan fingerprint density at radius 3 is 2.13 bits per heavy atom. The molecule has 0 fully saturated rings. The molecule has 4 nitrogen and oxygen atoms in total. The Kier molecular flexibility index (Phi) is 6.63. The Morgan fingerprint density at radius 1 is 1.09 bits per heavy atom. The Morgan fingerprint density at radius 2 is 1.65 bits per heavy atom. The van der Waals surface area contributed by atoms with Crippen LogP contribution in [0.3, 0.4) is 0 Å². The van der Waals surface area contributed by atoms with Gasteiger partial charge in [0.2, 0.25) is 0 Å². The van der Waals surface area contributed by atoms with Gasteiger partial charge < -0.3 is 15.0 Å². The highest BCUT2D eigenvalue weighted by Crippen LogP contribution is 2.22. The minimum absolute atomic E-state index is 0.183. The first kappa shape index (κ1) is 19.5. The van der Waals surface area contributed by atoms with Crippen LogP contribution in [0.2, 0.25) is 0 Å². The van der Waals surface area contributed by atoms with Crippen molar-refractivity contribution in [2.24, 2.45) is 0 Å². The molecular weight excluding hydrogens is 288 g/mol. The topological polar surface area (TPSA) is 41.6 Å². The summed E-state index contributed by atoms with van der Waals surface area (Å²) < 4.78 is 5.32. The predicted molar refractivity (Wildman–Crippen MR) is 95.7 cm³/mol. The maximum atomic E-state index is 11.8. The number of carbonyl (C=O) groups is 1. The lowest BCUT2D eigenvalue weighted by molar-refractivity contribution is 0.0300. The van der Waals surface area contributed by atoms with Gasteiger partial charge in [-0.05, 0) is 37.3 Å². The maximum absolute atomic E-state index is 11.8. The van der Waals surface area contributed by atoms with E-state index in [1.54, 1.807) is 11.9 Å². The second-order valence-corrected chi connectivity index (χ2v) is 8.03. The van der Waals surface area contributed by atoms with Gasteiger partial charge in [-0.1, -0.05) is 45.0 Å². The highest BCUT2D eigenvalue weighted by atomic mass is 16.6. The Bertz CT molecular complexity index is 496. The van der Waals surface area contributed by atoms with E-state index in [9.17, 15) is 4.79 Å². The van der Waals surface area contributed by atoms with Gasteiger partial charge in [-0.2, -0.15) is 0 Å². The van der Waals surface area contributed by atoms with Gasteiger partial charge in [0.15, 0.2) is 0 Å². The largest absolute Gasteiger partial charge is 0.444 e. The first-order chi connectivity index (χ1) is 10.5. The molecule has 1 aromatic carbocycles. The molecule has 1 amide bonds. The van der Waals surface area contributed by atoms with E-state index in [0.29, 0.717) is 6.54 Å². The van der Waals surface area contributed by atoms with Gasteiger partial charge in [0.1, 0.15) is 5.60 Å². The van der Waals surface area contributed by atoms with Gasteiger partial charge in [-0.3, -0.25) is 0 Å². The third-order valence-corrected chi connectivity index (χ3v) is 3.48. The molecule has 1 aromatic rings. The average molecular weight is 320 g/mol. The lowest BCUT2D eigenvalue weighted by Crippen LogP contribution is -2.37. The Labute approximate surface area is 141 Å². The van der Waals surface area contributed by atoms with E-state index >= 15 is 0 Å². The molecule has 0 aliphatic carbocycles. The van der Waals surface area contributed by atoms with E-state index in [-0.39, 0.29) is 11.5 Å². The minimum Gasteiger partial charge on any atom is -0.444 e. The monoisotopic (exact) mass is 320 g/mol. The normalized spacial score (nSPS) is 12.1. The SMILES string of the molecule is CN(CCNCc1ccc(C(C)(C)C)cc1)C(=O)OC(C)(C)C. The quantitative estimate of drug-likeness (QED) is 0.836. The zero-order chi connectivity index (χ0) is 17.7. The third-order valence-electron chi connectivity index (χ3n) is 3.48. The molecule has 130 valence electrons. The predicted octanol–water partition coefficient (Wildman–Crippen LogP) is 3.94. The number of hydrogen-bond acceptors (Lipinski definition) is 3. The number of carbonyl (C=O) groups excluding carboxylic acids is 1. The molecule has 0 saturated carbocycles. The molecule has 0 aromatic heterocycles. The van der Waals surface area contributed by atoms with Crippen molar-refractivity contribution in [3.05, 3.63) is 35.4 Å². The van der Waals surface area contributed by atoms with Gasteiger partial charge in [0.25, 0.3) is 0 Å². The number of benzene rings is 1. The molecular formula is C19H32N2O2. The number of rotatable bonds is 5. The van der Waals surface area contributed by atoms with Gasteiger partial charge in [-0.15, -0.1) is 0 Å². The summed E-state index contributed by atoms with van der Waals surface area (Å²) in [6.45, 7) is 14.4. The zero-order valence-electron chi connectivity index (χ0n) is 15.7. The molecule has 4 heteroatoms. The smallest absolute Gasteiger partial charge is 0.410 e. The summed E-state index contributed by atoms with van der Waals surface area (Å²) >= 11 is 0. The van der Waals surface area contributed by atoms with Crippen LogP contribution >= 0.6 is 0 Å². The fraction of sp³-hybridized carbons (Fsp3) is 0.632. The molecule has 23 heavy (non-hydrogen) atoms. The van der Waals surface area contributed by atoms with Crippen LogP contribution in [0.25, 0.3) is 0 Å². The van der Waals surface area contributed by atoms with Crippen LogP contribution in [-0.2, 0) is 16.7 Å². The summed E-state index contributed by atoms with van der Waals surface area (Å²) in [5.74, 6) is 0. The minimum atomic E-state index is -0.451. The van der Waals surface area contributed by atoms with Crippen LogP contribution in [0, 0.1) is 0 Å². The molecule has 0 heterocycles. The van der Waals surface area contributed by atoms with Gasteiger partial charge >= 0.3 is 6.09 Å². The van der Waals surface area contributed by atoms with Crippen LogP contribution in [0.5, 0.6) is 0 Å². The van der Waals surface area contributed by atoms with Crippen molar-refractivity contribution in [2.75, 3.05) is 20.1 Å². The number of nitrogens with zero attached hydrogens (tertiary/aromatic N) is 1. The van der Waals surface area contributed by atoms with Crippen LogP contribution in [0.4, 0.5) is 4.79 Å². The van der Waals surface area contributed by atoms with Gasteiger partial charge in [0, 0.05) is 26.7 Å². The second kappa shape index (κ2) is 7.82. The second-order valence-electron chi connectivity index (χ2n) is 8.03.